The third-order valence-corrected chi connectivity index (χ3v) is 14.2. The molecule has 10 unspecified atom stereocenters. The fourth-order valence-electron chi connectivity index (χ4n) is 11.3. The number of aliphatic hydroxyl groups is 1. The molecule has 3 N–H and O–H groups in total. The maximum atomic E-state index is 12.8. The number of carboxylic acids is 1. The number of carbonyl (C=O) groups excluding carboxylic acids is 2. The second-order valence-electron chi connectivity index (χ2n) is 17.2. The molecule has 7 nitrogen and oxygen atoms in total. The smallest absolute Gasteiger partial charge is 0.322 e. The molecule has 280 valence electrons. The Morgan fingerprint density at radius 2 is 1.55 bits per heavy atom. The summed E-state index contributed by atoms with van der Waals surface area (Å²) in [5.74, 6) is 1.60. The van der Waals surface area contributed by atoms with Crippen LogP contribution < -0.4 is 5.32 Å². The number of hydrogen-bond donors (Lipinski definition) is 3. The average Bonchev–Trinajstić information content (AvgIpc) is 3.44. The Labute approximate surface area is 298 Å². The number of carbonyl (C=O) groups is 3. The van der Waals surface area contributed by atoms with Gasteiger partial charge in [0.15, 0.2) is 0 Å². The highest BCUT2D eigenvalue weighted by molar-refractivity contribution is 5.81. The van der Waals surface area contributed by atoms with Crippen LogP contribution in [0.2, 0.25) is 0 Å². The molecule has 0 radical (unpaired) electrons. The quantitative estimate of drug-likeness (QED) is 0.0669. The number of ether oxygens (including phenoxy) is 1. The topological polar surface area (TPSA) is 113 Å². The fourth-order valence-corrected chi connectivity index (χ4v) is 11.3. The first-order valence-corrected chi connectivity index (χ1v) is 20.5. The lowest BCUT2D eigenvalue weighted by Gasteiger charge is -2.62. The van der Waals surface area contributed by atoms with Crippen molar-refractivity contribution in [1.82, 2.24) is 5.32 Å². The standard InChI is InChI=1S/C42H71NO6/c1-5-6-7-8-9-10-11-12-13-14-15-16-17-18-40(48)49-32-25-26-41(3)31(27-32)20-21-33-35-23-22-34(42(35,4)37(44)28-36(33)41)30(2)19-24-38(45)43-29-39(46)47/h10-11,30-37,44H,5-9,12-29H2,1-4H3,(H,43,45)(H,46,47)/b11-10-. The number of aliphatic hydroxyl groups excluding tert-OH is 1. The van der Waals surface area contributed by atoms with E-state index in [0.717, 1.165) is 57.8 Å². The molecule has 49 heavy (non-hydrogen) atoms. The maximum absolute atomic E-state index is 12.8. The summed E-state index contributed by atoms with van der Waals surface area (Å²) in [5, 5.41) is 23.3. The normalized spacial score (nSPS) is 34.5. The molecule has 4 saturated carbocycles. The van der Waals surface area contributed by atoms with Gasteiger partial charge in [0.25, 0.3) is 0 Å². The highest BCUT2D eigenvalue weighted by atomic mass is 16.5. The lowest BCUT2D eigenvalue weighted by atomic mass is 9.43. The molecule has 0 spiro atoms. The van der Waals surface area contributed by atoms with Crippen molar-refractivity contribution in [3.63, 3.8) is 0 Å². The van der Waals surface area contributed by atoms with E-state index in [2.05, 4.69) is 45.2 Å². The second kappa shape index (κ2) is 19.1. The molecule has 7 heteroatoms. The lowest BCUT2D eigenvalue weighted by molar-refractivity contribution is -0.181. The van der Waals surface area contributed by atoms with Crippen LogP contribution in [0, 0.1) is 46.3 Å². The van der Waals surface area contributed by atoms with Gasteiger partial charge in [-0.15, -0.1) is 0 Å². The van der Waals surface area contributed by atoms with Crippen LogP contribution in [-0.4, -0.2) is 46.8 Å². The van der Waals surface area contributed by atoms with E-state index in [-0.39, 0.29) is 41.5 Å². The van der Waals surface area contributed by atoms with Gasteiger partial charge in [-0.05, 0) is 136 Å². The van der Waals surface area contributed by atoms with Crippen LogP contribution in [0.4, 0.5) is 0 Å². The number of esters is 1. The first kappa shape index (κ1) is 39.9. The van der Waals surface area contributed by atoms with E-state index in [9.17, 15) is 19.5 Å². The van der Waals surface area contributed by atoms with Crippen LogP contribution in [0.5, 0.6) is 0 Å². The Bertz CT molecular complexity index is 1090. The van der Waals surface area contributed by atoms with Crippen molar-refractivity contribution < 1.29 is 29.3 Å². The molecule has 0 heterocycles. The van der Waals surface area contributed by atoms with E-state index in [0.29, 0.717) is 48.3 Å². The van der Waals surface area contributed by atoms with Crippen molar-refractivity contribution in [2.45, 2.75) is 181 Å². The summed E-state index contributed by atoms with van der Waals surface area (Å²) in [6.45, 7) is 8.95. The van der Waals surface area contributed by atoms with Gasteiger partial charge >= 0.3 is 11.9 Å². The Morgan fingerprint density at radius 1 is 0.857 bits per heavy atom. The van der Waals surface area contributed by atoms with Crippen molar-refractivity contribution in [1.29, 1.82) is 0 Å². The Kier molecular flexibility index (Phi) is 15.5. The van der Waals surface area contributed by atoms with E-state index in [1.54, 1.807) is 0 Å². The van der Waals surface area contributed by atoms with Crippen LogP contribution in [0.1, 0.15) is 169 Å². The molecular weight excluding hydrogens is 614 g/mol. The summed E-state index contributed by atoms with van der Waals surface area (Å²) >= 11 is 0. The Hall–Kier alpha value is -1.89. The first-order chi connectivity index (χ1) is 23.5. The van der Waals surface area contributed by atoms with E-state index in [1.807, 2.05) is 0 Å². The molecule has 0 bridgehead atoms. The summed E-state index contributed by atoms with van der Waals surface area (Å²) in [6, 6.07) is 0. The third-order valence-electron chi connectivity index (χ3n) is 14.2. The molecule has 0 aliphatic heterocycles. The Balaban J connectivity index is 1.17. The van der Waals surface area contributed by atoms with Gasteiger partial charge in [-0.25, -0.2) is 0 Å². The highest BCUT2D eigenvalue weighted by Crippen LogP contribution is 2.68. The fraction of sp³-hybridized carbons (Fsp3) is 0.881. The van der Waals surface area contributed by atoms with Crippen LogP contribution in [0.15, 0.2) is 12.2 Å². The minimum Gasteiger partial charge on any atom is -0.480 e. The largest absolute Gasteiger partial charge is 0.480 e. The molecule has 0 saturated heterocycles. The molecule has 0 aromatic carbocycles. The summed E-state index contributed by atoms with van der Waals surface area (Å²) in [4.78, 5) is 35.8. The van der Waals surface area contributed by atoms with Crippen molar-refractivity contribution in [2.75, 3.05) is 6.54 Å². The molecule has 4 aliphatic carbocycles. The number of carboxylic acid groups (broad SMARTS) is 1. The van der Waals surface area contributed by atoms with Crippen molar-refractivity contribution in [3.05, 3.63) is 12.2 Å². The van der Waals surface area contributed by atoms with Crippen LogP contribution in [0.25, 0.3) is 0 Å². The molecule has 4 aliphatic rings. The SMILES string of the molecule is CCCCCC/C=C\CCCCCCCC(=O)OC1CCC2(C)C(CCC3C2CC(O)C2(C)C(C(C)CCC(=O)NCC(=O)O)CCC32)C1. The number of hydrogen-bond acceptors (Lipinski definition) is 5. The van der Waals surface area contributed by atoms with Gasteiger partial charge < -0.3 is 20.3 Å². The van der Waals surface area contributed by atoms with Gasteiger partial charge in [0.05, 0.1) is 6.10 Å². The maximum Gasteiger partial charge on any atom is 0.322 e. The minimum atomic E-state index is -1.02. The minimum absolute atomic E-state index is 0.0114. The highest BCUT2D eigenvalue weighted by Gasteiger charge is 2.63. The van der Waals surface area contributed by atoms with Gasteiger partial charge in [0.1, 0.15) is 12.6 Å². The molecule has 0 aromatic rings. The summed E-state index contributed by atoms with van der Waals surface area (Å²) in [5.41, 5.74) is 0.0446. The van der Waals surface area contributed by atoms with Crippen molar-refractivity contribution in [2.24, 2.45) is 46.3 Å². The monoisotopic (exact) mass is 686 g/mol. The zero-order valence-corrected chi connectivity index (χ0v) is 31.6. The first-order valence-electron chi connectivity index (χ1n) is 20.5. The van der Waals surface area contributed by atoms with Gasteiger partial charge in [0.2, 0.25) is 5.91 Å². The molecule has 10 atom stereocenters. The van der Waals surface area contributed by atoms with Gasteiger partial charge in [-0.3, -0.25) is 14.4 Å². The van der Waals surface area contributed by atoms with Gasteiger partial charge in [0, 0.05) is 12.8 Å². The van der Waals surface area contributed by atoms with Gasteiger partial charge in [-0.2, -0.15) is 0 Å². The molecule has 4 rings (SSSR count). The molecular formula is C42H71NO6. The van der Waals surface area contributed by atoms with Crippen LogP contribution in [-0.2, 0) is 19.1 Å². The zero-order chi connectivity index (χ0) is 35.4. The number of aliphatic carboxylic acids is 1. The van der Waals surface area contributed by atoms with Crippen molar-refractivity contribution >= 4 is 17.8 Å². The van der Waals surface area contributed by atoms with E-state index in [1.165, 1.54) is 70.6 Å². The molecule has 1 amide bonds. The van der Waals surface area contributed by atoms with E-state index >= 15 is 0 Å². The lowest BCUT2D eigenvalue weighted by Crippen LogP contribution is -2.59. The second-order valence-corrected chi connectivity index (χ2v) is 17.2. The number of unbranched alkanes of at least 4 members (excludes halogenated alkanes) is 9. The third kappa shape index (κ3) is 10.3. The summed E-state index contributed by atoms with van der Waals surface area (Å²) < 4.78 is 6.09. The van der Waals surface area contributed by atoms with Crippen molar-refractivity contribution in [3.8, 4) is 0 Å². The van der Waals surface area contributed by atoms with E-state index in [4.69, 9.17) is 9.84 Å². The number of nitrogens with one attached hydrogen (secondary N) is 1. The van der Waals surface area contributed by atoms with Crippen LogP contribution in [0.3, 0.4) is 0 Å². The summed E-state index contributed by atoms with van der Waals surface area (Å²) in [6.07, 6.45) is 27.9. The number of allylic oxidation sites excluding steroid dienone is 2. The molecule has 0 aromatic heterocycles. The average molecular weight is 686 g/mol. The summed E-state index contributed by atoms with van der Waals surface area (Å²) in [7, 11) is 0. The number of fused-ring (bicyclic) bond motifs is 5. The van der Waals surface area contributed by atoms with E-state index < -0.39 is 5.97 Å². The Morgan fingerprint density at radius 3 is 2.27 bits per heavy atom. The number of rotatable bonds is 20. The molecule has 4 fully saturated rings. The van der Waals surface area contributed by atoms with Crippen LogP contribution >= 0.6 is 0 Å². The predicted octanol–water partition coefficient (Wildman–Crippen LogP) is 9.40. The van der Waals surface area contributed by atoms with Gasteiger partial charge in [-0.1, -0.05) is 78.4 Å². The zero-order valence-electron chi connectivity index (χ0n) is 31.6. The predicted molar refractivity (Wildman–Crippen MR) is 196 cm³/mol. The number of amides is 1.